The summed E-state index contributed by atoms with van der Waals surface area (Å²) in [5, 5.41) is 12.9. The highest BCUT2D eigenvalue weighted by Gasteiger charge is 2.14. The summed E-state index contributed by atoms with van der Waals surface area (Å²) >= 11 is 0. The normalized spacial score (nSPS) is 13.9. The van der Waals surface area contributed by atoms with Gasteiger partial charge >= 0.3 is 0 Å². The van der Waals surface area contributed by atoms with Gasteiger partial charge in [-0.2, -0.15) is 0 Å². The zero-order chi connectivity index (χ0) is 11.5. The van der Waals surface area contributed by atoms with Crippen molar-refractivity contribution in [2.75, 3.05) is 6.54 Å². The summed E-state index contributed by atoms with van der Waals surface area (Å²) in [4.78, 5) is 0. The molecule has 0 aromatic heterocycles. The van der Waals surface area contributed by atoms with Crippen molar-refractivity contribution < 1.29 is 5.11 Å². The molecular weight excluding hydrogens is 186 g/mol. The number of rotatable bonds is 4. The van der Waals surface area contributed by atoms with E-state index in [2.05, 4.69) is 43.4 Å². The second kappa shape index (κ2) is 4.77. The van der Waals surface area contributed by atoms with Gasteiger partial charge in [0.25, 0.3) is 0 Å². The molecule has 84 valence electrons. The van der Waals surface area contributed by atoms with E-state index in [4.69, 9.17) is 0 Å². The molecule has 1 unspecified atom stereocenters. The summed E-state index contributed by atoms with van der Waals surface area (Å²) in [5.74, 6) is 0. The summed E-state index contributed by atoms with van der Waals surface area (Å²) < 4.78 is 0. The molecule has 2 N–H and O–H groups in total. The van der Waals surface area contributed by atoms with Crippen LogP contribution in [-0.2, 0) is 0 Å². The first kappa shape index (κ1) is 12.2. The van der Waals surface area contributed by atoms with Crippen LogP contribution in [0.15, 0.2) is 24.3 Å². The standard InChI is InChI=1S/C13H21NO/c1-10-5-7-12(8-6-10)11(2)14-9-13(3,4)15/h5-8,11,14-15H,9H2,1-4H3. The van der Waals surface area contributed by atoms with Crippen LogP contribution in [0, 0.1) is 6.92 Å². The quantitative estimate of drug-likeness (QED) is 0.794. The third-order valence-electron chi connectivity index (χ3n) is 2.42. The highest BCUT2D eigenvalue weighted by atomic mass is 16.3. The molecule has 0 radical (unpaired) electrons. The monoisotopic (exact) mass is 207 g/mol. The van der Waals surface area contributed by atoms with Gasteiger partial charge in [0.15, 0.2) is 0 Å². The fraction of sp³-hybridized carbons (Fsp3) is 0.538. The van der Waals surface area contributed by atoms with E-state index in [-0.39, 0.29) is 6.04 Å². The van der Waals surface area contributed by atoms with Crippen LogP contribution >= 0.6 is 0 Å². The first-order valence-corrected chi connectivity index (χ1v) is 5.41. The molecule has 0 aliphatic rings. The Morgan fingerprint density at radius 1 is 1.27 bits per heavy atom. The molecule has 0 bridgehead atoms. The Balaban J connectivity index is 2.54. The van der Waals surface area contributed by atoms with Gasteiger partial charge < -0.3 is 10.4 Å². The summed E-state index contributed by atoms with van der Waals surface area (Å²) in [6.45, 7) is 8.40. The van der Waals surface area contributed by atoms with Gasteiger partial charge in [0.2, 0.25) is 0 Å². The fourth-order valence-corrected chi connectivity index (χ4v) is 1.38. The lowest BCUT2D eigenvalue weighted by Gasteiger charge is -2.22. The van der Waals surface area contributed by atoms with Gasteiger partial charge in [-0.3, -0.25) is 0 Å². The van der Waals surface area contributed by atoms with Gasteiger partial charge in [0.1, 0.15) is 0 Å². The van der Waals surface area contributed by atoms with E-state index in [1.54, 1.807) is 0 Å². The van der Waals surface area contributed by atoms with E-state index in [1.165, 1.54) is 11.1 Å². The maximum Gasteiger partial charge on any atom is 0.0715 e. The van der Waals surface area contributed by atoms with Gasteiger partial charge in [-0.15, -0.1) is 0 Å². The second-order valence-electron chi connectivity index (χ2n) is 4.83. The predicted molar refractivity (Wildman–Crippen MR) is 63.9 cm³/mol. The Morgan fingerprint density at radius 2 is 1.80 bits per heavy atom. The lowest BCUT2D eigenvalue weighted by Crippen LogP contribution is -2.36. The Hall–Kier alpha value is -0.860. The van der Waals surface area contributed by atoms with Gasteiger partial charge in [0, 0.05) is 12.6 Å². The summed E-state index contributed by atoms with van der Waals surface area (Å²) in [7, 11) is 0. The molecular formula is C13H21NO. The van der Waals surface area contributed by atoms with Crippen LogP contribution in [0.25, 0.3) is 0 Å². The molecule has 2 nitrogen and oxygen atoms in total. The van der Waals surface area contributed by atoms with E-state index in [1.807, 2.05) is 13.8 Å². The van der Waals surface area contributed by atoms with Crippen molar-refractivity contribution in [1.82, 2.24) is 5.32 Å². The first-order valence-electron chi connectivity index (χ1n) is 5.41. The van der Waals surface area contributed by atoms with Crippen LogP contribution in [0.3, 0.4) is 0 Å². The minimum atomic E-state index is -0.654. The lowest BCUT2D eigenvalue weighted by atomic mass is 10.1. The molecule has 1 aromatic carbocycles. The number of aryl methyl sites for hydroxylation is 1. The van der Waals surface area contributed by atoms with Crippen LogP contribution in [-0.4, -0.2) is 17.3 Å². The smallest absolute Gasteiger partial charge is 0.0715 e. The number of benzene rings is 1. The molecule has 0 spiro atoms. The zero-order valence-electron chi connectivity index (χ0n) is 10.0. The maximum absolute atomic E-state index is 9.60. The average molecular weight is 207 g/mol. The van der Waals surface area contributed by atoms with Gasteiger partial charge in [0.05, 0.1) is 5.60 Å². The molecule has 0 fully saturated rings. The highest BCUT2D eigenvalue weighted by Crippen LogP contribution is 2.13. The molecule has 0 aliphatic heterocycles. The van der Waals surface area contributed by atoms with E-state index >= 15 is 0 Å². The predicted octanol–water partition coefficient (Wildman–Crippen LogP) is 2.42. The Bertz CT molecular complexity index is 297. The van der Waals surface area contributed by atoms with Crippen LogP contribution in [0.1, 0.15) is 37.9 Å². The van der Waals surface area contributed by atoms with Crippen LogP contribution in [0.2, 0.25) is 0 Å². The van der Waals surface area contributed by atoms with Crippen molar-refractivity contribution in [2.24, 2.45) is 0 Å². The van der Waals surface area contributed by atoms with Crippen LogP contribution in [0.4, 0.5) is 0 Å². The van der Waals surface area contributed by atoms with Crippen molar-refractivity contribution >= 4 is 0 Å². The highest BCUT2D eigenvalue weighted by molar-refractivity contribution is 5.23. The molecule has 0 saturated heterocycles. The summed E-state index contributed by atoms with van der Waals surface area (Å²) in [6.07, 6.45) is 0. The zero-order valence-corrected chi connectivity index (χ0v) is 10.0. The Kier molecular flexibility index (Phi) is 3.89. The molecule has 2 heteroatoms. The van der Waals surface area contributed by atoms with Crippen LogP contribution in [0.5, 0.6) is 0 Å². The van der Waals surface area contributed by atoms with Crippen LogP contribution < -0.4 is 5.32 Å². The van der Waals surface area contributed by atoms with Crippen molar-refractivity contribution in [3.63, 3.8) is 0 Å². The summed E-state index contributed by atoms with van der Waals surface area (Å²) in [6, 6.07) is 8.74. The average Bonchev–Trinajstić information content (AvgIpc) is 2.14. The summed E-state index contributed by atoms with van der Waals surface area (Å²) in [5.41, 5.74) is 1.87. The van der Waals surface area contributed by atoms with Crippen molar-refractivity contribution in [3.05, 3.63) is 35.4 Å². The largest absolute Gasteiger partial charge is 0.389 e. The molecule has 15 heavy (non-hydrogen) atoms. The number of aliphatic hydroxyl groups is 1. The lowest BCUT2D eigenvalue weighted by molar-refractivity contribution is 0.0770. The second-order valence-corrected chi connectivity index (χ2v) is 4.83. The van der Waals surface area contributed by atoms with Crippen molar-refractivity contribution in [2.45, 2.75) is 39.3 Å². The molecule has 1 atom stereocenters. The third-order valence-corrected chi connectivity index (χ3v) is 2.42. The van der Waals surface area contributed by atoms with E-state index in [0.717, 1.165) is 0 Å². The number of nitrogens with one attached hydrogen (secondary N) is 1. The van der Waals surface area contributed by atoms with Gasteiger partial charge in [-0.25, -0.2) is 0 Å². The molecule has 0 aliphatic carbocycles. The van der Waals surface area contributed by atoms with Gasteiger partial charge in [-0.1, -0.05) is 29.8 Å². The van der Waals surface area contributed by atoms with Crippen molar-refractivity contribution in [1.29, 1.82) is 0 Å². The Labute approximate surface area is 92.3 Å². The third kappa shape index (κ3) is 4.45. The molecule has 0 saturated carbocycles. The molecule has 1 aromatic rings. The van der Waals surface area contributed by atoms with E-state index in [9.17, 15) is 5.11 Å². The SMILES string of the molecule is Cc1ccc(C(C)NCC(C)(C)O)cc1. The van der Waals surface area contributed by atoms with Gasteiger partial charge in [-0.05, 0) is 33.3 Å². The maximum atomic E-state index is 9.60. The minimum absolute atomic E-state index is 0.275. The van der Waals surface area contributed by atoms with E-state index < -0.39 is 5.60 Å². The molecule has 0 heterocycles. The topological polar surface area (TPSA) is 32.3 Å². The van der Waals surface area contributed by atoms with Crippen molar-refractivity contribution in [3.8, 4) is 0 Å². The molecule has 1 rings (SSSR count). The first-order chi connectivity index (χ1) is 6.88. The number of hydrogen-bond acceptors (Lipinski definition) is 2. The number of hydrogen-bond donors (Lipinski definition) is 2. The molecule has 0 amide bonds. The fourth-order valence-electron chi connectivity index (χ4n) is 1.38. The van der Waals surface area contributed by atoms with E-state index in [0.29, 0.717) is 6.54 Å². The minimum Gasteiger partial charge on any atom is -0.389 e. The Morgan fingerprint density at radius 3 is 2.27 bits per heavy atom.